The molecule has 0 saturated carbocycles. The number of benzene rings is 2. The molecule has 0 bridgehead atoms. The Hall–Kier alpha value is -2.89. The van der Waals surface area contributed by atoms with E-state index in [2.05, 4.69) is 21.1 Å². The first-order valence-electron chi connectivity index (χ1n) is 8.64. The summed E-state index contributed by atoms with van der Waals surface area (Å²) in [5.41, 5.74) is 2.07. The quantitative estimate of drug-likeness (QED) is 0.746. The Morgan fingerprint density at radius 2 is 1.58 bits per heavy atom. The van der Waals surface area contributed by atoms with Crippen LogP contribution in [-0.2, 0) is 0 Å². The van der Waals surface area contributed by atoms with Crippen molar-refractivity contribution in [3.63, 3.8) is 0 Å². The zero-order chi connectivity index (χ0) is 18.4. The van der Waals surface area contributed by atoms with Gasteiger partial charge in [-0.1, -0.05) is 12.1 Å². The van der Waals surface area contributed by atoms with Gasteiger partial charge >= 0.3 is 0 Å². The number of ether oxygens (including phenoxy) is 3. The molecule has 0 atom stereocenters. The molecule has 0 spiro atoms. The van der Waals surface area contributed by atoms with Gasteiger partial charge < -0.3 is 19.1 Å². The van der Waals surface area contributed by atoms with Crippen molar-refractivity contribution in [3.8, 4) is 17.2 Å². The van der Waals surface area contributed by atoms with E-state index in [0.717, 1.165) is 54.7 Å². The van der Waals surface area contributed by atoms with Gasteiger partial charge in [0.25, 0.3) is 0 Å². The van der Waals surface area contributed by atoms with E-state index < -0.39 is 0 Å². The van der Waals surface area contributed by atoms with E-state index in [1.807, 2.05) is 42.6 Å². The van der Waals surface area contributed by atoms with Gasteiger partial charge in [-0.3, -0.25) is 5.01 Å². The molecule has 0 aliphatic carbocycles. The lowest BCUT2D eigenvalue weighted by Crippen LogP contribution is -2.44. The van der Waals surface area contributed by atoms with Crippen molar-refractivity contribution in [2.45, 2.75) is 0 Å². The molecule has 26 heavy (non-hydrogen) atoms. The molecule has 1 aliphatic rings. The van der Waals surface area contributed by atoms with Gasteiger partial charge in [-0.05, 0) is 24.3 Å². The molecule has 0 amide bonds. The van der Waals surface area contributed by atoms with Crippen LogP contribution in [0.3, 0.4) is 0 Å². The number of para-hydroxylation sites is 2. The second kappa shape index (κ2) is 8.47. The Morgan fingerprint density at radius 3 is 2.27 bits per heavy atom. The Kier molecular flexibility index (Phi) is 5.84. The maximum Gasteiger partial charge on any atom is 0.142 e. The normalized spacial score (nSPS) is 14.6. The summed E-state index contributed by atoms with van der Waals surface area (Å²) in [6.07, 6.45) is 1.84. The Morgan fingerprint density at radius 1 is 0.846 bits per heavy atom. The van der Waals surface area contributed by atoms with Crippen molar-refractivity contribution in [2.75, 3.05) is 52.4 Å². The average Bonchev–Trinajstić information content (AvgIpc) is 2.72. The molecule has 138 valence electrons. The summed E-state index contributed by atoms with van der Waals surface area (Å²) in [5.74, 6) is 2.43. The van der Waals surface area contributed by atoms with E-state index in [0.29, 0.717) is 0 Å². The zero-order valence-electron chi connectivity index (χ0n) is 15.5. The van der Waals surface area contributed by atoms with E-state index in [9.17, 15) is 0 Å². The van der Waals surface area contributed by atoms with Crippen LogP contribution in [0.4, 0.5) is 5.69 Å². The predicted octanol–water partition coefficient (Wildman–Crippen LogP) is 2.87. The molecule has 0 radical (unpaired) electrons. The molecule has 2 aromatic rings. The first-order valence-corrected chi connectivity index (χ1v) is 8.64. The molecule has 1 saturated heterocycles. The monoisotopic (exact) mass is 355 g/mol. The molecule has 1 heterocycles. The average molecular weight is 355 g/mol. The van der Waals surface area contributed by atoms with E-state index in [1.54, 1.807) is 21.3 Å². The standard InChI is InChI=1S/C20H25N3O3/c1-24-17-9-8-16(20(14-17)26-3)15-21-23-12-10-22(11-13-23)18-6-4-5-7-19(18)25-2/h4-9,14-15H,10-13H2,1-3H3/b21-15-. The third kappa shape index (κ3) is 4.02. The molecule has 0 unspecified atom stereocenters. The molecule has 0 N–H and O–H groups in total. The minimum Gasteiger partial charge on any atom is -0.497 e. The molecule has 6 heteroatoms. The second-order valence-corrected chi connectivity index (χ2v) is 5.97. The van der Waals surface area contributed by atoms with Crippen molar-refractivity contribution >= 4 is 11.9 Å². The number of hydrogen-bond acceptors (Lipinski definition) is 6. The van der Waals surface area contributed by atoms with Gasteiger partial charge in [0.05, 0.1) is 46.3 Å². The second-order valence-electron chi connectivity index (χ2n) is 5.97. The highest BCUT2D eigenvalue weighted by molar-refractivity contribution is 5.83. The number of methoxy groups -OCH3 is 3. The summed E-state index contributed by atoms with van der Waals surface area (Å²) in [4.78, 5) is 2.33. The number of anilines is 1. The predicted molar refractivity (Wildman–Crippen MR) is 104 cm³/mol. The zero-order valence-corrected chi connectivity index (χ0v) is 15.5. The Bertz CT molecular complexity index is 756. The van der Waals surface area contributed by atoms with Crippen LogP contribution >= 0.6 is 0 Å². The summed E-state index contributed by atoms with van der Waals surface area (Å²) in [7, 11) is 5.00. The topological polar surface area (TPSA) is 46.5 Å². The third-order valence-electron chi connectivity index (χ3n) is 4.48. The van der Waals surface area contributed by atoms with Crippen LogP contribution in [0.5, 0.6) is 17.2 Å². The van der Waals surface area contributed by atoms with Crippen LogP contribution in [0.2, 0.25) is 0 Å². The van der Waals surface area contributed by atoms with Gasteiger partial charge in [0.15, 0.2) is 0 Å². The number of rotatable bonds is 6. The molecule has 1 fully saturated rings. The summed E-state index contributed by atoms with van der Waals surface area (Å²) in [5, 5.41) is 6.70. The third-order valence-corrected chi connectivity index (χ3v) is 4.48. The van der Waals surface area contributed by atoms with Crippen LogP contribution in [0.15, 0.2) is 47.6 Å². The molecule has 1 aliphatic heterocycles. The summed E-state index contributed by atoms with van der Waals surface area (Å²) in [6, 6.07) is 13.8. The van der Waals surface area contributed by atoms with Crippen molar-refractivity contribution in [3.05, 3.63) is 48.0 Å². The number of hydrazone groups is 1. The lowest BCUT2D eigenvalue weighted by Gasteiger charge is -2.35. The number of hydrogen-bond donors (Lipinski definition) is 0. The SMILES string of the molecule is COc1ccc(/C=N\N2CCN(c3ccccc3OC)CC2)c(OC)c1. The fraction of sp³-hybridized carbons (Fsp3) is 0.350. The Balaban J connectivity index is 1.63. The van der Waals surface area contributed by atoms with Gasteiger partial charge in [-0.15, -0.1) is 0 Å². The smallest absolute Gasteiger partial charge is 0.142 e. The van der Waals surface area contributed by atoms with E-state index >= 15 is 0 Å². The first kappa shape index (κ1) is 17.9. The van der Waals surface area contributed by atoms with E-state index in [1.165, 1.54) is 0 Å². The van der Waals surface area contributed by atoms with Gasteiger partial charge in [-0.25, -0.2) is 0 Å². The van der Waals surface area contributed by atoms with Gasteiger partial charge in [0.1, 0.15) is 17.2 Å². The highest BCUT2D eigenvalue weighted by Crippen LogP contribution is 2.28. The van der Waals surface area contributed by atoms with Gasteiger partial charge in [0, 0.05) is 24.7 Å². The minimum atomic E-state index is 0.751. The fourth-order valence-electron chi connectivity index (χ4n) is 3.01. The summed E-state index contributed by atoms with van der Waals surface area (Å²) >= 11 is 0. The molecule has 2 aromatic carbocycles. The van der Waals surface area contributed by atoms with E-state index in [4.69, 9.17) is 14.2 Å². The van der Waals surface area contributed by atoms with Crippen LogP contribution in [0.1, 0.15) is 5.56 Å². The fourth-order valence-corrected chi connectivity index (χ4v) is 3.01. The highest BCUT2D eigenvalue weighted by atomic mass is 16.5. The molecule has 6 nitrogen and oxygen atoms in total. The molecule has 0 aromatic heterocycles. The van der Waals surface area contributed by atoms with Crippen molar-refractivity contribution in [2.24, 2.45) is 5.10 Å². The van der Waals surface area contributed by atoms with Gasteiger partial charge in [-0.2, -0.15) is 5.10 Å². The maximum atomic E-state index is 5.47. The Labute approximate surface area is 154 Å². The van der Waals surface area contributed by atoms with Crippen molar-refractivity contribution < 1.29 is 14.2 Å². The lowest BCUT2D eigenvalue weighted by molar-refractivity contribution is 0.271. The number of nitrogens with zero attached hydrogens (tertiary/aromatic N) is 3. The van der Waals surface area contributed by atoms with Crippen molar-refractivity contribution in [1.82, 2.24) is 5.01 Å². The molecular formula is C20H25N3O3. The number of piperazine rings is 1. The summed E-state index contributed by atoms with van der Waals surface area (Å²) < 4.78 is 16.1. The van der Waals surface area contributed by atoms with Crippen LogP contribution in [0, 0.1) is 0 Å². The van der Waals surface area contributed by atoms with Crippen LogP contribution < -0.4 is 19.1 Å². The highest BCUT2D eigenvalue weighted by Gasteiger charge is 2.18. The maximum absolute atomic E-state index is 5.47. The van der Waals surface area contributed by atoms with Crippen molar-refractivity contribution in [1.29, 1.82) is 0 Å². The van der Waals surface area contributed by atoms with E-state index in [-0.39, 0.29) is 0 Å². The lowest BCUT2D eigenvalue weighted by atomic mass is 10.2. The first-order chi connectivity index (χ1) is 12.7. The van der Waals surface area contributed by atoms with Crippen LogP contribution in [0.25, 0.3) is 0 Å². The van der Waals surface area contributed by atoms with Gasteiger partial charge in [0.2, 0.25) is 0 Å². The molecule has 3 rings (SSSR count). The minimum absolute atomic E-state index is 0.751. The molecular weight excluding hydrogens is 330 g/mol. The summed E-state index contributed by atoms with van der Waals surface area (Å²) in [6.45, 7) is 3.51. The van der Waals surface area contributed by atoms with Crippen LogP contribution in [-0.4, -0.2) is 58.7 Å². The largest absolute Gasteiger partial charge is 0.497 e.